The molecule has 0 N–H and O–H groups in total. The Bertz CT molecular complexity index is 1700. The van der Waals surface area contributed by atoms with Crippen molar-refractivity contribution >= 4 is 17.9 Å². The Morgan fingerprint density at radius 3 is 0.931 bits per heavy atom. The standard InChI is InChI=1S/C66H100O6/c1-4-7-10-13-16-19-22-24-26-27-28-29-30-31-32-33-34-35-36-37-38-39-41-42-44-47-50-53-56-59-65(68)71-62-63(61-70-64(67)58-55-52-49-46-21-18-15-12-9-6-3)72-66(69)60-57-54-51-48-45-43-40-25-23-20-17-14-11-8-5-2/h7-8,10-12,15-17,19-20,24-26,28-29,31-32,34-35,37-38,40-42,45,48,54,57,63H,4-6,9,13-14,18,21-23,27,30,33,36,39,43-44,46-47,49-53,55-56,58-62H2,1-3H3/b10-7-,11-8-,15-12-,19-16-,20-17-,26-24-,29-28-,32-31-,35-34-,38-37-,40-25-,42-41-,48-45-,57-54-. The van der Waals surface area contributed by atoms with Crippen LogP contribution in [0, 0.1) is 0 Å². The normalized spacial score (nSPS) is 13.4. The zero-order chi connectivity index (χ0) is 52.2. The van der Waals surface area contributed by atoms with E-state index in [0.29, 0.717) is 19.3 Å². The summed E-state index contributed by atoms with van der Waals surface area (Å²) in [5.74, 6) is -1.12. The lowest BCUT2D eigenvalue weighted by Crippen LogP contribution is -2.30. The molecule has 0 radical (unpaired) electrons. The second kappa shape index (κ2) is 58.3. The van der Waals surface area contributed by atoms with Gasteiger partial charge in [0.2, 0.25) is 0 Å². The fourth-order valence-electron chi connectivity index (χ4n) is 6.83. The largest absolute Gasteiger partial charge is 0.462 e. The number of allylic oxidation sites excluding steroid dienone is 27. The Hall–Kier alpha value is -5.23. The van der Waals surface area contributed by atoms with Crippen molar-refractivity contribution < 1.29 is 28.6 Å². The summed E-state index contributed by atoms with van der Waals surface area (Å²) in [6, 6.07) is 0. The SMILES string of the molecule is CC/C=C\C/C=C\C/C=C\C/C=C\C/C=C\C/C=C\C/C=C\C/C=C\CCCCCCC(=O)OCC(COC(=O)CCCCCCC/C=C\CCC)OC(=O)C/C=C\C/C=C\C/C=C\C/C=C\C/C=C\CC. The molecule has 1 unspecified atom stereocenters. The van der Waals surface area contributed by atoms with Crippen LogP contribution >= 0.6 is 0 Å². The Balaban J connectivity index is 4.44. The third-order valence-corrected chi connectivity index (χ3v) is 11.0. The van der Waals surface area contributed by atoms with Crippen LogP contribution in [0.5, 0.6) is 0 Å². The predicted molar refractivity (Wildman–Crippen MR) is 311 cm³/mol. The van der Waals surface area contributed by atoms with Crippen molar-refractivity contribution in [1.82, 2.24) is 0 Å². The molecule has 0 aliphatic carbocycles. The highest BCUT2D eigenvalue weighted by molar-refractivity contribution is 5.72. The lowest BCUT2D eigenvalue weighted by Gasteiger charge is -2.18. The van der Waals surface area contributed by atoms with Crippen molar-refractivity contribution in [2.45, 2.75) is 213 Å². The second-order valence-electron chi connectivity index (χ2n) is 17.7. The summed E-state index contributed by atoms with van der Waals surface area (Å²) in [7, 11) is 0. The minimum absolute atomic E-state index is 0.0806. The van der Waals surface area contributed by atoms with Gasteiger partial charge >= 0.3 is 17.9 Å². The maximum absolute atomic E-state index is 12.7. The van der Waals surface area contributed by atoms with Crippen LogP contribution in [-0.2, 0) is 28.6 Å². The third kappa shape index (κ3) is 55.7. The monoisotopic (exact) mass is 989 g/mol. The molecule has 0 aromatic heterocycles. The topological polar surface area (TPSA) is 78.9 Å². The average Bonchev–Trinajstić information content (AvgIpc) is 3.38. The molecule has 0 bridgehead atoms. The summed E-state index contributed by atoms with van der Waals surface area (Å²) < 4.78 is 16.6. The first-order valence-electron chi connectivity index (χ1n) is 28.1. The number of hydrogen-bond acceptors (Lipinski definition) is 6. The van der Waals surface area contributed by atoms with E-state index in [-0.39, 0.29) is 31.6 Å². The fraction of sp³-hybridized carbons (Fsp3) is 0.530. The van der Waals surface area contributed by atoms with Gasteiger partial charge in [0.1, 0.15) is 13.2 Å². The van der Waals surface area contributed by atoms with Gasteiger partial charge in [-0.15, -0.1) is 0 Å². The molecule has 72 heavy (non-hydrogen) atoms. The van der Waals surface area contributed by atoms with Crippen LogP contribution in [0.4, 0.5) is 0 Å². The molecule has 0 aromatic rings. The minimum Gasteiger partial charge on any atom is -0.462 e. The molecular formula is C66H100O6. The Kier molecular flexibility index (Phi) is 54.1. The predicted octanol–water partition coefficient (Wildman–Crippen LogP) is 19.1. The van der Waals surface area contributed by atoms with E-state index in [1.807, 2.05) is 6.08 Å². The van der Waals surface area contributed by atoms with Gasteiger partial charge in [-0.3, -0.25) is 14.4 Å². The first kappa shape index (κ1) is 66.8. The summed E-state index contributed by atoms with van der Waals surface area (Å²) in [4.78, 5) is 37.9. The van der Waals surface area contributed by atoms with Crippen LogP contribution in [0.1, 0.15) is 207 Å². The molecule has 0 amide bonds. The van der Waals surface area contributed by atoms with Crippen molar-refractivity contribution in [3.05, 3.63) is 170 Å². The van der Waals surface area contributed by atoms with Crippen molar-refractivity contribution in [2.24, 2.45) is 0 Å². The maximum Gasteiger partial charge on any atom is 0.310 e. The van der Waals surface area contributed by atoms with E-state index in [0.717, 1.165) is 148 Å². The van der Waals surface area contributed by atoms with Gasteiger partial charge in [-0.2, -0.15) is 0 Å². The van der Waals surface area contributed by atoms with E-state index >= 15 is 0 Å². The van der Waals surface area contributed by atoms with Crippen molar-refractivity contribution in [2.75, 3.05) is 13.2 Å². The van der Waals surface area contributed by atoms with Crippen LogP contribution < -0.4 is 0 Å². The molecule has 0 rings (SSSR count). The molecule has 6 heteroatoms. The van der Waals surface area contributed by atoms with Gasteiger partial charge in [0, 0.05) is 12.8 Å². The Labute approximate surface area is 441 Å². The molecule has 6 nitrogen and oxygen atoms in total. The van der Waals surface area contributed by atoms with Gasteiger partial charge in [-0.05, 0) is 128 Å². The number of unbranched alkanes of at least 4 members (excludes halogenated alkanes) is 10. The molecule has 0 spiro atoms. The average molecular weight is 990 g/mol. The second-order valence-corrected chi connectivity index (χ2v) is 17.7. The number of esters is 3. The fourth-order valence-corrected chi connectivity index (χ4v) is 6.83. The molecule has 0 aromatic carbocycles. The summed E-state index contributed by atoms with van der Waals surface area (Å²) in [5, 5.41) is 0. The zero-order valence-electron chi connectivity index (χ0n) is 45.6. The zero-order valence-corrected chi connectivity index (χ0v) is 45.6. The van der Waals surface area contributed by atoms with Crippen molar-refractivity contribution in [3.8, 4) is 0 Å². The highest BCUT2D eigenvalue weighted by Gasteiger charge is 2.19. The molecule has 0 aliphatic rings. The van der Waals surface area contributed by atoms with Crippen LogP contribution in [-0.4, -0.2) is 37.2 Å². The number of carbonyl (C=O) groups excluding carboxylic acids is 3. The molecule has 0 saturated heterocycles. The van der Waals surface area contributed by atoms with Gasteiger partial charge in [0.25, 0.3) is 0 Å². The number of rotatable bonds is 48. The highest BCUT2D eigenvalue weighted by Crippen LogP contribution is 2.11. The van der Waals surface area contributed by atoms with Crippen LogP contribution in [0.2, 0.25) is 0 Å². The minimum atomic E-state index is -0.854. The molecule has 1 atom stereocenters. The first-order chi connectivity index (χ1) is 35.5. The van der Waals surface area contributed by atoms with E-state index in [9.17, 15) is 14.4 Å². The number of hydrogen-bond donors (Lipinski definition) is 0. The summed E-state index contributed by atoms with van der Waals surface area (Å²) in [6.07, 6.45) is 86.7. The van der Waals surface area contributed by atoms with E-state index < -0.39 is 12.1 Å². The molecule has 0 fully saturated rings. The molecule has 400 valence electrons. The van der Waals surface area contributed by atoms with Gasteiger partial charge in [0.15, 0.2) is 6.10 Å². The Morgan fingerprint density at radius 2 is 0.583 bits per heavy atom. The Morgan fingerprint density at radius 1 is 0.306 bits per heavy atom. The van der Waals surface area contributed by atoms with Crippen molar-refractivity contribution in [1.29, 1.82) is 0 Å². The number of carbonyl (C=O) groups is 3. The summed E-state index contributed by atoms with van der Waals surface area (Å²) >= 11 is 0. The van der Waals surface area contributed by atoms with Crippen LogP contribution in [0.3, 0.4) is 0 Å². The molecule has 0 heterocycles. The molecular weight excluding hydrogens is 889 g/mol. The lowest BCUT2D eigenvalue weighted by atomic mass is 10.1. The van der Waals surface area contributed by atoms with E-state index in [1.165, 1.54) is 12.8 Å². The van der Waals surface area contributed by atoms with Gasteiger partial charge in [-0.1, -0.05) is 229 Å². The molecule has 0 aliphatic heterocycles. The highest BCUT2D eigenvalue weighted by atomic mass is 16.6. The van der Waals surface area contributed by atoms with Crippen LogP contribution in [0.25, 0.3) is 0 Å². The van der Waals surface area contributed by atoms with E-state index in [2.05, 4.69) is 179 Å². The van der Waals surface area contributed by atoms with E-state index in [4.69, 9.17) is 14.2 Å². The summed E-state index contributed by atoms with van der Waals surface area (Å²) in [5.41, 5.74) is 0. The van der Waals surface area contributed by atoms with Crippen molar-refractivity contribution in [3.63, 3.8) is 0 Å². The quantitative estimate of drug-likeness (QED) is 0.0262. The van der Waals surface area contributed by atoms with Crippen LogP contribution in [0.15, 0.2) is 170 Å². The smallest absolute Gasteiger partial charge is 0.310 e. The number of ether oxygens (including phenoxy) is 3. The summed E-state index contributed by atoms with van der Waals surface area (Å²) in [6.45, 7) is 6.20. The third-order valence-electron chi connectivity index (χ3n) is 11.0. The molecule has 0 saturated carbocycles. The maximum atomic E-state index is 12.7. The van der Waals surface area contributed by atoms with Gasteiger partial charge in [-0.25, -0.2) is 0 Å². The first-order valence-corrected chi connectivity index (χ1v) is 28.1. The van der Waals surface area contributed by atoms with Gasteiger partial charge in [0.05, 0.1) is 6.42 Å². The van der Waals surface area contributed by atoms with E-state index in [1.54, 1.807) is 6.08 Å². The lowest BCUT2D eigenvalue weighted by molar-refractivity contribution is -0.166. The van der Waals surface area contributed by atoms with Gasteiger partial charge < -0.3 is 14.2 Å².